The van der Waals surface area contributed by atoms with Crippen molar-refractivity contribution in [1.29, 1.82) is 0 Å². The second-order valence-electron chi connectivity index (χ2n) is 6.71. The van der Waals surface area contributed by atoms with Gasteiger partial charge in [-0.15, -0.1) is 0 Å². The first-order valence-corrected chi connectivity index (χ1v) is 9.18. The lowest BCUT2D eigenvalue weighted by molar-refractivity contribution is -0.139. The molecule has 1 aromatic heterocycles. The topological polar surface area (TPSA) is 62.7 Å². The molecule has 2 heterocycles. The minimum Gasteiger partial charge on any atom is -0.378 e. The molecule has 1 fully saturated rings. The van der Waals surface area contributed by atoms with Gasteiger partial charge in [0.05, 0.1) is 12.6 Å². The van der Waals surface area contributed by atoms with Crippen LogP contribution in [0, 0.1) is 0 Å². The molecule has 2 aromatic rings. The van der Waals surface area contributed by atoms with Crippen molar-refractivity contribution in [2.24, 2.45) is 0 Å². The van der Waals surface area contributed by atoms with E-state index in [1.807, 2.05) is 48.5 Å². The predicted octanol–water partition coefficient (Wildman–Crippen LogP) is 1.90. The summed E-state index contributed by atoms with van der Waals surface area (Å²) < 4.78 is 5.53. The summed E-state index contributed by atoms with van der Waals surface area (Å²) in [5.41, 5.74) is 1.94. The predicted molar refractivity (Wildman–Crippen MR) is 102 cm³/mol. The maximum atomic E-state index is 12.7. The van der Waals surface area contributed by atoms with Gasteiger partial charge in [0, 0.05) is 45.1 Å². The lowest BCUT2D eigenvalue weighted by Gasteiger charge is -2.23. The number of benzene rings is 1. The molecule has 1 unspecified atom stereocenters. The molecule has 3 rings (SSSR count). The Morgan fingerprint density at radius 1 is 1.15 bits per heavy atom. The number of carbonyl (C=O) groups excluding carboxylic acids is 2. The molecular formula is C21H25N3O3. The molecule has 0 aliphatic carbocycles. The molecule has 6 nitrogen and oxygen atoms in total. The first-order valence-electron chi connectivity index (χ1n) is 9.18. The van der Waals surface area contributed by atoms with Crippen molar-refractivity contribution in [1.82, 2.24) is 14.8 Å². The van der Waals surface area contributed by atoms with E-state index in [4.69, 9.17) is 4.74 Å². The summed E-state index contributed by atoms with van der Waals surface area (Å²) in [6.45, 7) is 1.52. The number of nitrogens with zero attached hydrogens (tertiary/aromatic N) is 3. The Balaban J connectivity index is 1.63. The Hall–Kier alpha value is -2.73. The SMILES string of the molecule is COC1CN(C(=O)CCc2ccccn2)CC(=O)N(Cc2ccccc2)C1. The minimum atomic E-state index is -0.195. The molecule has 2 amide bonds. The maximum absolute atomic E-state index is 12.7. The second kappa shape index (κ2) is 9.28. The summed E-state index contributed by atoms with van der Waals surface area (Å²) in [5, 5.41) is 0. The monoisotopic (exact) mass is 367 g/mol. The summed E-state index contributed by atoms with van der Waals surface area (Å²) in [6, 6.07) is 15.5. The largest absolute Gasteiger partial charge is 0.378 e. The van der Waals surface area contributed by atoms with E-state index in [0.29, 0.717) is 32.5 Å². The molecule has 0 saturated carbocycles. The van der Waals surface area contributed by atoms with Crippen molar-refractivity contribution >= 4 is 11.8 Å². The van der Waals surface area contributed by atoms with Gasteiger partial charge in [-0.3, -0.25) is 14.6 Å². The van der Waals surface area contributed by atoms with Crippen LogP contribution in [0.15, 0.2) is 54.7 Å². The van der Waals surface area contributed by atoms with E-state index in [2.05, 4.69) is 4.98 Å². The highest BCUT2D eigenvalue weighted by Gasteiger charge is 2.30. The standard InChI is InChI=1S/C21H25N3O3/c1-27-19-14-23(13-17-7-3-2-4-8-17)21(26)16-24(15-19)20(25)11-10-18-9-5-6-12-22-18/h2-9,12,19H,10-11,13-16H2,1H3. The number of ether oxygens (including phenoxy) is 1. The average Bonchev–Trinajstić information content (AvgIpc) is 2.86. The molecule has 1 aliphatic heterocycles. The number of aryl methyl sites for hydroxylation is 1. The van der Waals surface area contributed by atoms with Crippen LogP contribution < -0.4 is 0 Å². The first kappa shape index (κ1) is 19.0. The Labute approximate surface area is 159 Å². The molecule has 0 bridgehead atoms. The van der Waals surface area contributed by atoms with Crippen LogP contribution in [0.25, 0.3) is 0 Å². The summed E-state index contributed by atoms with van der Waals surface area (Å²) in [7, 11) is 1.62. The van der Waals surface area contributed by atoms with Gasteiger partial charge in [0.25, 0.3) is 0 Å². The van der Waals surface area contributed by atoms with Crippen molar-refractivity contribution in [2.75, 3.05) is 26.7 Å². The summed E-state index contributed by atoms with van der Waals surface area (Å²) >= 11 is 0. The van der Waals surface area contributed by atoms with Crippen LogP contribution >= 0.6 is 0 Å². The number of carbonyl (C=O) groups is 2. The van der Waals surface area contributed by atoms with Gasteiger partial charge in [0.1, 0.15) is 0 Å². The van der Waals surface area contributed by atoms with Crippen molar-refractivity contribution < 1.29 is 14.3 Å². The van der Waals surface area contributed by atoms with Gasteiger partial charge in [-0.1, -0.05) is 36.4 Å². The minimum absolute atomic E-state index is 0.0439. The molecule has 0 spiro atoms. The highest BCUT2D eigenvalue weighted by Crippen LogP contribution is 2.13. The van der Waals surface area contributed by atoms with Crippen molar-refractivity contribution in [3.63, 3.8) is 0 Å². The number of hydrogen-bond acceptors (Lipinski definition) is 4. The number of pyridine rings is 1. The molecule has 27 heavy (non-hydrogen) atoms. The van der Waals surface area contributed by atoms with Crippen molar-refractivity contribution in [3.05, 3.63) is 66.0 Å². The fraction of sp³-hybridized carbons (Fsp3) is 0.381. The van der Waals surface area contributed by atoms with E-state index in [1.54, 1.807) is 23.1 Å². The Morgan fingerprint density at radius 2 is 1.93 bits per heavy atom. The van der Waals surface area contributed by atoms with Gasteiger partial charge in [-0.25, -0.2) is 0 Å². The van der Waals surface area contributed by atoms with Crippen LogP contribution in [0.4, 0.5) is 0 Å². The average molecular weight is 367 g/mol. The number of methoxy groups -OCH3 is 1. The molecule has 6 heteroatoms. The zero-order chi connectivity index (χ0) is 19.1. The highest BCUT2D eigenvalue weighted by molar-refractivity contribution is 5.85. The molecule has 1 aliphatic rings. The van der Waals surface area contributed by atoms with Gasteiger partial charge in [-0.05, 0) is 24.1 Å². The van der Waals surface area contributed by atoms with Crippen molar-refractivity contribution in [3.8, 4) is 0 Å². The maximum Gasteiger partial charge on any atom is 0.242 e. The molecule has 1 saturated heterocycles. The molecule has 142 valence electrons. The van der Waals surface area contributed by atoms with Gasteiger partial charge < -0.3 is 14.5 Å². The summed E-state index contributed by atoms with van der Waals surface area (Å²) in [5.74, 6) is -0.0952. The fourth-order valence-electron chi connectivity index (χ4n) is 3.21. The van der Waals surface area contributed by atoms with Gasteiger partial charge in [0.15, 0.2) is 0 Å². The third-order valence-electron chi connectivity index (χ3n) is 4.75. The number of hydrogen-bond donors (Lipinski definition) is 0. The van der Waals surface area contributed by atoms with Crippen LogP contribution in [-0.4, -0.2) is 59.4 Å². The smallest absolute Gasteiger partial charge is 0.242 e. The third-order valence-corrected chi connectivity index (χ3v) is 4.75. The van der Waals surface area contributed by atoms with Crippen LogP contribution in [0.2, 0.25) is 0 Å². The molecule has 1 aromatic carbocycles. The van der Waals surface area contributed by atoms with E-state index in [-0.39, 0.29) is 24.5 Å². The van der Waals surface area contributed by atoms with E-state index >= 15 is 0 Å². The quantitative estimate of drug-likeness (QED) is 0.782. The van der Waals surface area contributed by atoms with Crippen LogP contribution in [-0.2, 0) is 27.3 Å². The van der Waals surface area contributed by atoms with Crippen LogP contribution in [0.1, 0.15) is 17.7 Å². The molecule has 0 radical (unpaired) electrons. The third kappa shape index (κ3) is 5.37. The molecule has 1 atom stereocenters. The lowest BCUT2D eigenvalue weighted by Crippen LogP contribution is -2.39. The van der Waals surface area contributed by atoms with Gasteiger partial charge in [-0.2, -0.15) is 0 Å². The van der Waals surface area contributed by atoms with Gasteiger partial charge >= 0.3 is 0 Å². The zero-order valence-electron chi connectivity index (χ0n) is 15.6. The van der Waals surface area contributed by atoms with Gasteiger partial charge in [0.2, 0.25) is 11.8 Å². The number of rotatable bonds is 6. The lowest BCUT2D eigenvalue weighted by atomic mass is 10.2. The van der Waals surface area contributed by atoms with Crippen LogP contribution in [0.3, 0.4) is 0 Å². The number of aromatic nitrogens is 1. The van der Waals surface area contributed by atoms with Crippen LogP contribution in [0.5, 0.6) is 0 Å². The summed E-state index contributed by atoms with van der Waals surface area (Å²) in [6.07, 6.45) is 2.42. The Bertz CT molecular complexity index is 752. The second-order valence-corrected chi connectivity index (χ2v) is 6.71. The normalized spacial score (nSPS) is 17.7. The van der Waals surface area contributed by atoms with E-state index in [9.17, 15) is 9.59 Å². The van der Waals surface area contributed by atoms with E-state index in [0.717, 1.165) is 11.3 Å². The number of amides is 2. The van der Waals surface area contributed by atoms with E-state index in [1.165, 1.54) is 0 Å². The van der Waals surface area contributed by atoms with E-state index < -0.39 is 0 Å². The zero-order valence-corrected chi connectivity index (χ0v) is 15.6. The molecule has 0 N–H and O–H groups in total. The summed E-state index contributed by atoms with van der Waals surface area (Å²) in [4.78, 5) is 33.0. The Kier molecular flexibility index (Phi) is 6.54. The van der Waals surface area contributed by atoms with Crippen molar-refractivity contribution in [2.45, 2.75) is 25.5 Å². The fourth-order valence-corrected chi connectivity index (χ4v) is 3.21. The first-order chi connectivity index (χ1) is 13.2. The highest BCUT2D eigenvalue weighted by atomic mass is 16.5. The molecular weight excluding hydrogens is 342 g/mol. The Morgan fingerprint density at radius 3 is 2.63 bits per heavy atom.